The molecule has 0 aliphatic heterocycles. The maximum atomic E-state index is 5.38. The Hall–Kier alpha value is -2.20. The van der Waals surface area contributed by atoms with Crippen LogP contribution in [-0.2, 0) is 0 Å². The second-order valence-electron chi connectivity index (χ2n) is 4.61. The molecule has 100 valence electrons. The number of fused-ring (bicyclic) bond motifs is 2. The van der Waals surface area contributed by atoms with E-state index in [0.717, 1.165) is 27.5 Å². The molecule has 1 heterocycles. The Morgan fingerprint density at radius 3 is 2.00 bits per heavy atom. The fourth-order valence-electron chi connectivity index (χ4n) is 2.45. The van der Waals surface area contributed by atoms with Gasteiger partial charge in [-0.15, -0.1) is 0 Å². The minimum absolute atomic E-state index is 0.687. The van der Waals surface area contributed by atoms with Crippen LogP contribution in [0.1, 0.15) is 0 Å². The smallest absolute Gasteiger partial charge is 0.172 e. The third-order valence-electron chi connectivity index (χ3n) is 3.41. The molecule has 0 bridgehead atoms. The molecule has 1 N–H and O–H groups in total. The lowest BCUT2D eigenvalue weighted by molar-refractivity contribution is 1.12. The molecule has 3 rings (SSSR count). The van der Waals surface area contributed by atoms with Crippen LogP contribution in [0, 0.1) is 0 Å². The molecule has 3 aromatic rings. The Morgan fingerprint density at radius 2 is 1.50 bits per heavy atom. The highest BCUT2D eigenvalue weighted by atomic mass is 32.1. The summed E-state index contributed by atoms with van der Waals surface area (Å²) in [5.74, 6) is 0. The predicted octanol–water partition coefficient (Wildman–Crippen LogP) is 3.33. The van der Waals surface area contributed by atoms with Gasteiger partial charge in [0.1, 0.15) is 0 Å². The molecule has 0 radical (unpaired) electrons. The van der Waals surface area contributed by atoms with Gasteiger partial charge in [0.25, 0.3) is 0 Å². The lowest BCUT2D eigenvalue weighted by atomic mass is 10.1. The van der Waals surface area contributed by atoms with E-state index in [1.807, 2.05) is 55.4 Å². The van der Waals surface area contributed by atoms with Gasteiger partial charge in [-0.2, -0.15) is 0 Å². The van der Waals surface area contributed by atoms with Crippen molar-refractivity contribution in [2.24, 2.45) is 0 Å². The predicted molar refractivity (Wildman–Crippen MR) is 89.3 cm³/mol. The first-order valence-electron chi connectivity index (χ1n) is 6.45. The van der Waals surface area contributed by atoms with Crippen molar-refractivity contribution in [2.45, 2.75) is 0 Å². The fourth-order valence-corrected chi connectivity index (χ4v) is 2.54. The van der Waals surface area contributed by atoms with Crippen LogP contribution >= 0.6 is 12.2 Å². The number of benzene rings is 2. The summed E-state index contributed by atoms with van der Waals surface area (Å²) in [5, 5.41) is 5.92. The number of thiocarbonyl (C=S) groups is 1. The molecular formula is C16H15N3S. The first-order valence-corrected chi connectivity index (χ1v) is 6.86. The summed E-state index contributed by atoms with van der Waals surface area (Å²) in [5.41, 5.74) is 3.05. The van der Waals surface area contributed by atoms with Crippen molar-refractivity contribution in [1.82, 2.24) is 10.3 Å². The van der Waals surface area contributed by atoms with Crippen LogP contribution in [0.5, 0.6) is 0 Å². The van der Waals surface area contributed by atoms with Crippen molar-refractivity contribution < 1.29 is 0 Å². The van der Waals surface area contributed by atoms with Gasteiger partial charge in [-0.25, -0.2) is 4.98 Å². The Bertz CT molecular complexity index is 744. The van der Waals surface area contributed by atoms with Crippen LogP contribution in [0.15, 0.2) is 48.5 Å². The zero-order valence-electron chi connectivity index (χ0n) is 11.4. The normalized spacial score (nSPS) is 10.7. The minimum atomic E-state index is 0.687. The lowest BCUT2D eigenvalue weighted by Gasteiger charge is -2.23. The fraction of sp³-hybridized carbons (Fsp3) is 0.125. The quantitative estimate of drug-likeness (QED) is 0.547. The molecule has 0 aliphatic carbocycles. The molecule has 0 amide bonds. The van der Waals surface area contributed by atoms with Gasteiger partial charge in [-0.3, -0.25) is 0 Å². The molecule has 0 unspecified atom stereocenters. The molecule has 3 nitrogen and oxygen atoms in total. The van der Waals surface area contributed by atoms with Gasteiger partial charge in [0.15, 0.2) is 5.11 Å². The zero-order valence-corrected chi connectivity index (χ0v) is 12.2. The van der Waals surface area contributed by atoms with E-state index in [-0.39, 0.29) is 0 Å². The van der Waals surface area contributed by atoms with Crippen LogP contribution in [0.2, 0.25) is 0 Å². The summed E-state index contributed by atoms with van der Waals surface area (Å²) in [7, 11) is 3.82. The molecule has 0 aliphatic rings. The molecule has 4 heteroatoms. The van der Waals surface area contributed by atoms with Crippen LogP contribution in [0.4, 0.5) is 5.69 Å². The van der Waals surface area contributed by atoms with E-state index in [4.69, 9.17) is 17.2 Å². The van der Waals surface area contributed by atoms with Crippen molar-refractivity contribution >= 4 is 44.8 Å². The molecule has 1 aromatic heterocycles. The number of rotatable bonds is 1. The van der Waals surface area contributed by atoms with Gasteiger partial charge >= 0.3 is 0 Å². The SMILES string of the molecule is CNC(=S)N(C)c1c2ccccc2nc2ccccc12. The summed E-state index contributed by atoms with van der Waals surface area (Å²) in [6, 6.07) is 16.3. The Morgan fingerprint density at radius 1 is 1.00 bits per heavy atom. The summed E-state index contributed by atoms with van der Waals surface area (Å²) >= 11 is 5.38. The van der Waals surface area contributed by atoms with E-state index in [1.165, 1.54) is 0 Å². The number of anilines is 1. The number of hydrogen-bond donors (Lipinski definition) is 1. The van der Waals surface area contributed by atoms with Crippen LogP contribution in [0.25, 0.3) is 21.8 Å². The van der Waals surface area contributed by atoms with Gasteiger partial charge in [-0.05, 0) is 24.4 Å². The highest BCUT2D eigenvalue weighted by Gasteiger charge is 2.14. The lowest BCUT2D eigenvalue weighted by Crippen LogP contribution is -2.34. The Kier molecular flexibility index (Phi) is 3.24. The largest absolute Gasteiger partial charge is 0.365 e. The number of pyridine rings is 1. The van der Waals surface area contributed by atoms with E-state index < -0.39 is 0 Å². The number of aromatic nitrogens is 1. The molecule has 0 fully saturated rings. The van der Waals surface area contributed by atoms with Crippen LogP contribution in [-0.4, -0.2) is 24.2 Å². The molecule has 0 saturated heterocycles. The second kappa shape index (κ2) is 5.06. The summed E-state index contributed by atoms with van der Waals surface area (Å²) in [6.45, 7) is 0. The third kappa shape index (κ3) is 1.98. The Labute approximate surface area is 123 Å². The molecule has 0 saturated carbocycles. The Balaban J connectivity index is 2.42. The van der Waals surface area contributed by atoms with Gasteiger partial charge < -0.3 is 10.2 Å². The topological polar surface area (TPSA) is 28.2 Å². The van der Waals surface area contributed by atoms with Crippen molar-refractivity contribution in [3.8, 4) is 0 Å². The van der Waals surface area contributed by atoms with Gasteiger partial charge in [0.2, 0.25) is 0 Å². The van der Waals surface area contributed by atoms with Crippen molar-refractivity contribution in [1.29, 1.82) is 0 Å². The summed E-state index contributed by atoms with van der Waals surface area (Å²) in [4.78, 5) is 6.72. The molecule has 0 atom stereocenters. The average molecular weight is 281 g/mol. The molecule has 0 spiro atoms. The maximum absolute atomic E-state index is 5.38. The minimum Gasteiger partial charge on any atom is -0.365 e. The van der Waals surface area contributed by atoms with Crippen molar-refractivity contribution in [3.05, 3.63) is 48.5 Å². The van der Waals surface area contributed by atoms with Gasteiger partial charge in [0, 0.05) is 24.9 Å². The standard InChI is InChI=1S/C16H15N3S/c1-17-16(20)19(2)15-11-7-3-5-9-13(11)18-14-10-6-4-8-12(14)15/h3-10H,1-2H3,(H,17,20). The number of nitrogens with zero attached hydrogens (tertiary/aromatic N) is 2. The van der Waals surface area contributed by atoms with Gasteiger partial charge in [0.05, 0.1) is 16.7 Å². The monoisotopic (exact) mass is 281 g/mol. The first kappa shape index (κ1) is 12.8. The average Bonchev–Trinajstić information content (AvgIpc) is 2.51. The van der Waals surface area contributed by atoms with E-state index in [1.54, 1.807) is 0 Å². The highest BCUT2D eigenvalue weighted by molar-refractivity contribution is 7.80. The van der Waals surface area contributed by atoms with Crippen molar-refractivity contribution in [3.63, 3.8) is 0 Å². The second-order valence-corrected chi connectivity index (χ2v) is 5.00. The van der Waals surface area contributed by atoms with E-state index >= 15 is 0 Å². The van der Waals surface area contributed by atoms with Crippen LogP contribution < -0.4 is 10.2 Å². The summed E-state index contributed by atoms with van der Waals surface area (Å²) in [6.07, 6.45) is 0. The highest BCUT2D eigenvalue weighted by Crippen LogP contribution is 2.32. The third-order valence-corrected chi connectivity index (χ3v) is 3.89. The molecular weight excluding hydrogens is 266 g/mol. The molecule has 2 aromatic carbocycles. The zero-order chi connectivity index (χ0) is 14.1. The van der Waals surface area contributed by atoms with Crippen molar-refractivity contribution in [2.75, 3.05) is 19.0 Å². The van der Waals surface area contributed by atoms with Crippen LogP contribution in [0.3, 0.4) is 0 Å². The number of nitrogens with one attached hydrogen (secondary N) is 1. The number of para-hydroxylation sites is 2. The molecule has 20 heavy (non-hydrogen) atoms. The summed E-state index contributed by atoms with van der Waals surface area (Å²) < 4.78 is 0. The van der Waals surface area contributed by atoms with E-state index in [0.29, 0.717) is 5.11 Å². The van der Waals surface area contributed by atoms with Gasteiger partial charge in [-0.1, -0.05) is 36.4 Å². The van der Waals surface area contributed by atoms with E-state index in [9.17, 15) is 0 Å². The number of hydrogen-bond acceptors (Lipinski definition) is 2. The maximum Gasteiger partial charge on any atom is 0.172 e. The van der Waals surface area contributed by atoms with E-state index in [2.05, 4.69) is 17.4 Å². The first-order chi connectivity index (χ1) is 9.72.